The molecule has 1 atom stereocenters. The lowest BCUT2D eigenvalue weighted by molar-refractivity contribution is 0.285. The quantitative estimate of drug-likeness (QED) is 0.517. The fourth-order valence-corrected chi connectivity index (χ4v) is 2.94. The van der Waals surface area contributed by atoms with Gasteiger partial charge < -0.3 is 0 Å². The Bertz CT molecular complexity index is 180. The molecule has 0 nitrogen and oxygen atoms in total. The fraction of sp³-hybridized carbons (Fsp3) is 0.833. The maximum absolute atomic E-state index is 2.39. The topological polar surface area (TPSA) is 0 Å². The van der Waals surface area contributed by atoms with Gasteiger partial charge in [-0.2, -0.15) is 0 Å². The average molecular weight is 164 g/mol. The predicted octanol–water partition coefficient (Wildman–Crippen LogP) is 3.78. The first-order chi connectivity index (χ1) is 5.72. The van der Waals surface area contributed by atoms with Gasteiger partial charge in [0.2, 0.25) is 0 Å². The van der Waals surface area contributed by atoms with Gasteiger partial charge in [-0.1, -0.05) is 26.0 Å². The van der Waals surface area contributed by atoms with Crippen LogP contribution in [0.25, 0.3) is 0 Å². The standard InChI is InChI=1S/C12H20/c1-10(2)11-5-8-12(9-11)6-3-4-7-12/h3-4,10-11H,5-9H2,1-2H3. The van der Waals surface area contributed by atoms with Crippen molar-refractivity contribution in [3.8, 4) is 0 Å². The van der Waals surface area contributed by atoms with Gasteiger partial charge in [0.25, 0.3) is 0 Å². The summed E-state index contributed by atoms with van der Waals surface area (Å²) < 4.78 is 0. The van der Waals surface area contributed by atoms with Gasteiger partial charge >= 0.3 is 0 Å². The van der Waals surface area contributed by atoms with Crippen molar-refractivity contribution in [1.82, 2.24) is 0 Å². The molecule has 1 saturated carbocycles. The molecular formula is C12H20. The first kappa shape index (κ1) is 8.34. The molecule has 0 radical (unpaired) electrons. The van der Waals surface area contributed by atoms with E-state index in [1.54, 1.807) is 0 Å². The van der Waals surface area contributed by atoms with E-state index >= 15 is 0 Å². The number of hydrogen-bond donors (Lipinski definition) is 0. The largest absolute Gasteiger partial charge is 0.0880 e. The summed E-state index contributed by atoms with van der Waals surface area (Å²) in [6.45, 7) is 4.76. The van der Waals surface area contributed by atoms with Crippen LogP contribution in [0.3, 0.4) is 0 Å². The van der Waals surface area contributed by atoms with Crippen LogP contribution in [-0.2, 0) is 0 Å². The van der Waals surface area contributed by atoms with Crippen molar-refractivity contribution in [1.29, 1.82) is 0 Å². The zero-order valence-corrected chi connectivity index (χ0v) is 8.34. The highest BCUT2D eigenvalue weighted by atomic mass is 14.4. The van der Waals surface area contributed by atoms with Gasteiger partial charge in [0, 0.05) is 0 Å². The van der Waals surface area contributed by atoms with E-state index in [1.165, 1.54) is 32.1 Å². The molecule has 12 heavy (non-hydrogen) atoms. The summed E-state index contributed by atoms with van der Waals surface area (Å²) >= 11 is 0. The van der Waals surface area contributed by atoms with E-state index in [-0.39, 0.29) is 0 Å². The highest BCUT2D eigenvalue weighted by molar-refractivity contribution is 5.06. The van der Waals surface area contributed by atoms with E-state index in [1.807, 2.05) is 0 Å². The third-order valence-electron chi connectivity index (χ3n) is 3.95. The molecular weight excluding hydrogens is 144 g/mol. The second-order valence-corrected chi connectivity index (χ2v) is 5.13. The normalized spacial score (nSPS) is 32.4. The Hall–Kier alpha value is -0.260. The van der Waals surface area contributed by atoms with Crippen LogP contribution in [0.1, 0.15) is 46.0 Å². The first-order valence-corrected chi connectivity index (χ1v) is 5.37. The van der Waals surface area contributed by atoms with Crippen LogP contribution in [0.15, 0.2) is 12.2 Å². The second-order valence-electron chi connectivity index (χ2n) is 5.13. The second kappa shape index (κ2) is 2.90. The highest BCUT2D eigenvalue weighted by Gasteiger charge is 2.39. The van der Waals surface area contributed by atoms with Crippen LogP contribution in [0.2, 0.25) is 0 Å². The predicted molar refractivity (Wildman–Crippen MR) is 53.0 cm³/mol. The Morgan fingerprint density at radius 1 is 1.25 bits per heavy atom. The van der Waals surface area contributed by atoms with Crippen LogP contribution >= 0.6 is 0 Å². The van der Waals surface area contributed by atoms with E-state index in [2.05, 4.69) is 26.0 Å². The van der Waals surface area contributed by atoms with Gasteiger partial charge in [-0.15, -0.1) is 0 Å². The smallest absolute Gasteiger partial charge is 0.0226 e. The van der Waals surface area contributed by atoms with Crippen LogP contribution in [0.5, 0.6) is 0 Å². The van der Waals surface area contributed by atoms with E-state index in [0.717, 1.165) is 17.3 Å². The summed E-state index contributed by atoms with van der Waals surface area (Å²) in [4.78, 5) is 0. The Morgan fingerprint density at radius 2 is 1.92 bits per heavy atom. The Balaban J connectivity index is 1.97. The molecule has 0 aromatic carbocycles. The number of allylic oxidation sites excluding steroid dienone is 2. The maximum atomic E-state index is 2.39. The fourth-order valence-electron chi connectivity index (χ4n) is 2.94. The lowest BCUT2D eigenvalue weighted by Crippen LogP contribution is -2.13. The summed E-state index contributed by atoms with van der Waals surface area (Å²) in [5.41, 5.74) is 0.731. The number of hydrogen-bond acceptors (Lipinski definition) is 0. The Labute approximate surface area is 76.1 Å². The van der Waals surface area contributed by atoms with E-state index < -0.39 is 0 Å². The lowest BCUT2D eigenvalue weighted by atomic mass is 9.81. The van der Waals surface area contributed by atoms with Gasteiger partial charge in [0.05, 0.1) is 0 Å². The van der Waals surface area contributed by atoms with Crippen LogP contribution in [0, 0.1) is 17.3 Å². The Morgan fingerprint density at radius 3 is 2.42 bits per heavy atom. The molecule has 0 aromatic heterocycles. The van der Waals surface area contributed by atoms with Crippen LogP contribution in [-0.4, -0.2) is 0 Å². The molecule has 1 unspecified atom stereocenters. The summed E-state index contributed by atoms with van der Waals surface area (Å²) in [5, 5.41) is 0. The minimum atomic E-state index is 0.731. The molecule has 0 amide bonds. The number of rotatable bonds is 1. The summed E-state index contributed by atoms with van der Waals surface area (Å²) in [5.74, 6) is 1.93. The van der Waals surface area contributed by atoms with Crippen molar-refractivity contribution >= 4 is 0 Å². The van der Waals surface area contributed by atoms with Crippen LogP contribution < -0.4 is 0 Å². The van der Waals surface area contributed by atoms with Crippen molar-refractivity contribution < 1.29 is 0 Å². The molecule has 68 valence electrons. The van der Waals surface area contributed by atoms with Crippen LogP contribution in [0.4, 0.5) is 0 Å². The lowest BCUT2D eigenvalue weighted by Gasteiger charge is -2.23. The van der Waals surface area contributed by atoms with E-state index in [4.69, 9.17) is 0 Å². The molecule has 2 aliphatic rings. The van der Waals surface area contributed by atoms with Crippen molar-refractivity contribution in [2.75, 3.05) is 0 Å². The molecule has 0 aliphatic heterocycles. The summed E-state index contributed by atoms with van der Waals surface area (Å²) in [6, 6.07) is 0. The van der Waals surface area contributed by atoms with Gasteiger partial charge in [-0.05, 0) is 49.4 Å². The monoisotopic (exact) mass is 164 g/mol. The molecule has 2 rings (SSSR count). The first-order valence-electron chi connectivity index (χ1n) is 5.37. The van der Waals surface area contributed by atoms with Crippen molar-refractivity contribution in [3.05, 3.63) is 12.2 Å². The molecule has 1 spiro atoms. The summed E-state index contributed by atoms with van der Waals surface area (Å²) in [6.07, 6.45) is 12.0. The zero-order chi connectivity index (χ0) is 8.60. The van der Waals surface area contributed by atoms with E-state index in [9.17, 15) is 0 Å². The molecule has 0 heteroatoms. The van der Waals surface area contributed by atoms with Crippen molar-refractivity contribution in [2.24, 2.45) is 17.3 Å². The molecule has 0 saturated heterocycles. The zero-order valence-electron chi connectivity index (χ0n) is 8.34. The molecule has 1 fully saturated rings. The minimum absolute atomic E-state index is 0.731. The third kappa shape index (κ3) is 1.32. The van der Waals surface area contributed by atoms with E-state index in [0.29, 0.717) is 0 Å². The molecule has 0 aromatic rings. The van der Waals surface area contributed by atoms with Gasteiger partial charge in [0.1, 0.15) is 0 Å². The van der Waals surface area contributed by atoms with Gasteiger partial charge in [-0.25, -0.2) is 0 Å². The minimum Gasteiger partial charge on any atom is -0.0880 e. The summed E-state index contributed by atoms with van der Waals surface area (Å²) in [7, 11) is 0. The average Bonchev–Trinajstić information content (AvgIpc) is 2.62. The van der Waals surface area contributed by atoms with Crippen molar-refractivity contribution in [2.45, 2.75) is 46.0 Å². The Kier molecular flexibility index (Phi) is 2.02. The molecule has 0 heterocycles. The van der Waals surface area contributed by atoms with Crippen molar-refractivity contribution in [3.63, 3.8) is 0 Å². The molecule has 0 bridgehead atoms. The third-order valence-corrected chi connectivity index (χ3v) is 3.95. The van der Waals surface area contributed by atoms with Gasteiger partial charge in [-0.3, -0.25) is 0 Å². The van der Waals surface area contributed by atoms with Gasteiger partial charge in [0.15, 0.2) is 0 Å². The highest BCUT2D eigenvalue weighted by Crippen LogP contribution is 2.51. The SMILES string of the molecule is CC(C)C1CCC2(CC=CC2)C1. The molecule has 0 N–H and O–H groups in total. The molecule has 2 aliphatic carbocycles. The maximum Gasteiger partial charge on any atom is -0.0226 e.